The lowest BCUT2D eigenvalue weighted by molar-refractivity contribution is 0.284. The van der Waals surface area contributed by atoms with Gasteiger partial charge in [-0.1, -0.05) is 6.07 Å². The molecule has 0 saturated heterocycles. The number of nitrogens with two attached hydrogens (primary N) is 1. The Balaban J connectivity index is 2.05. The summed E-state index contributed by atoms with van der Waals surface area (Å²) in [5.74, 6) is 1.58. The van der Waals surface area contributed by atoms with Gasteiger partial charge in [0.1, 0.15) is 17.3 Å². The summed E-state index contributed by atoms with van der Waals surface area (Å²) < 4.78 is 18.8. The Bertz CT molecular complexity index is 551. The Morgan fingerprint density at radius 3 is 2.58 bits per heavy atom. The van der Waals surface area contributed by atoms with E-state index >= 15 is 0 Å². The van der Waals surface area contributed by atoms with E-state index in [0.29, 0.717) is 19.6 Å². The van der Waals surface area contributed by atoms with E-state index in [1.807, 2.05) is 26.1 Å². The average molecular weight is 262 g/mol. The first-order valence-corrected chi connectivity index (χ1v) is 6.29. The average Bonchev–Trinajstić information content (AvgIpc) is 2.75. The minimum Gasteiger partial charge on any atom is -0.465 e. The number of aryl methyl sites for hydroxylation is 1. The van der Waals surface area contributed by atoms with Gasteiger partial charge in [-0.3, -0.25) is 4.90 Å². The van der Waals surface area contributed by atoms with Crippen molar-refractivity contribution in [3.8, 4) is 0 Å². The summed E-state index contributed by atoms with van der Waals surface area (Å²) in [5, 5.41) is 0. The van der Waals surface area contributed by atoms with E-state index in [1.54, 1.807) is 12.1 Å². The predicted molar refractivity (Wildman–Crippen MR) is 72.9 cm³/mol. The highest BCUT2D eigenvalue weighted by atomic mass is 19.1. The smallest absolute Gasteiger partial charge is 0.123 e. The van der Waals surface area contributed by atoms with Gasteiger partial charge in [0.15, 0.2) is 0 Å². The molecule has 1 aromatic carbocycles. The molecule has 1 heterocycles. The van der Waals surface area contributed by atoms with Crippen molar-refractivity contribution in [1.29, 1.82) is 0 Å². The lowest BCUT2D eigenvalue weighted by Crippen LogP contribution is -2.18. The summed E-state index contributed by atoms with van der Waals surface area (Å²) in [6, 6.07) is 8.64. The minimum absolute atomic E-state index is 0.227. The van der Waals surface area contributed by atoms with Crippen LogP contribution >= 0.6 is 0 Å². The highest BCUT2D eigenvalue weighted by Gasteiger charge is 2.08. The Labute approximate surface area is 112 Å². The number of benzene rings is 1. The van der Waals surface area contributed by atoms with Crippen molar-refractivity contribution in [2.24, 2.45) is 5.73 Å². The van der Waals surface area contributed by atoms with E-state index in [4.69, 9.17) is 10.2 Å². The van der Waals surface area contributed by atoms with Crippen LogP contribution in [-0.2, 0) is 19.6 Å². The zero-order valence-corrected chi connectivity index (χ0v) is 11.3. The molecule has 0 radical (unpaired) electrons. The summed E-state index contributed by atoms with van der Waals surface area (Å²) in [6.07, 6.45) is 0. The lowest BCUT2D eigenvalue weighted by atomic mass is 10.1. The second kappa shape index (κ2) is 5.99. The molecule has 3 nitrogen and oxygen atoms in total. The lowest BCUT2D eigenvalue weighted by Gasteiger charge is -2.17. The van der Waals surface area contributed by atoms with E-state index in [0.717, 1.165) is 22.6 Å². The van der Waals surface area contributed by atoms with Gasteiger partial charge in [-0.2, -0.15) is 0 Å². The summed E-state index contributed by atoms with van der Waals surface area (Å²) in [6.45, 7) is 3.67. The van der Waals surface area contributed by atoms with Gasteiger partial charge < -0.3 is 10.2 Å². The maximum Gasteiger partial charge on any atom is 0.123 e. The van der Waals surface area contributed by atoms with Gasteiger partial charge in [-0.25, -0.2) is 4.39 Å². The molecule has 4 heteroatoms. The molecule has 19 heavy (non-hydrogen) atoms. The summed E-state index contributed by atoms with van der Waals surface area (Å²) >= 11 is 0. The zero-order valence-electron chi connectivity index (χ0n) is 11.3. The van der Waals surface area contributed by atoms with E-state index in [1.165, 1.54) is 6.07 Å². The van der Waals surface area contributed by atoms with Gasteiger partial charge in [-0.05, 0) is 49.4 Å². The summed E-state index contributed by atoms with van der Waals surface area (Å²) in [7, 11) is 1.98. The number of hydrogen-bond donors (Lipinski definition) is 1. The van der Waals surface area contributed by atoms with Crippen molar-refractivity contribution in [2.75, 3.05) is 7.05 Å². The van der Waals surface area contributed by atoms with Crippen LogP contribution in [0.4, 0.5) is 4.39 Å². The van der Waals surface area contributed by atoms with Crippen molar-refractivity contribution in [3.63, 3.8) is 0 Å². The zero-order chi connectivity index (χ0) is 13.8. The van der Waals surface area contributed by atoms with Gasteiger partial charge in [0, 0.05) is 13.1 Å². The van der Waals surface area contributed by atoms with Crippen LogP contribution in [-0.4, -0.2) is 11.9 Å². The molecule has 2 N–H and O–H groups in total. The van der Waals surface area contributed by atoms with Crippen LogP contribution in [0.2, 0.25) is 0 Å². The maximum atomic E-state index is 13.3. The van der Waals surface area contributed by atoms with Gasteiger partial charge in [-0.15, -0.1) is 0 Å². The molecule has 0 aliphatic rings. The summed E-state index contributed by atoms with van der Waals surface area (Å²) in [5.41, 5.74) is 7.57. The van der Waals surface area contributed by atoms with E-state index in [9.17, 15) is 4.39 Å². The molecule has 0 atom stereocenters. The van der Waals surface area contributed by atoms with Gasteiger partial charge in [0.25, 0.3) is 0 Å². The standard InChI is InChI=1S/C15H19FN2O/c1-11-3-6-15(19-11)10-18(2)9-13-7-14(16)5-4-12(13)8-17/h3-7H,8-10,17H2,1-2H3. The van der Waals surface area contributed by atoms with Crippen LogP contribution in [0.15, 0.2) is 34.7 Å². The first-order valence-electron chi connectivity index (χ1n) is 6.29. The Hall–Kier alpha value is -1.65. The molecule has 2 rings (SSSR count). The SMILES string of the molecule is Cc1ccc(CN(C)Cc2cc(F)ccc2CN)o1. The minimum atomic E-state index is -0.227. The van der Waals surface area contributed by atoms with Crippen molar-refractivity contribution in [2.45, 2.75) is 26.6 Å². The van der Waals surface area contributed by atoms with E-state index < -0.39 is 0 Å². The van der Waals surface area contributed by atoms with Crippen molar-refractivity contribution in [3.05, 3.63) is 58.8 Å². The molecule has 2 aromatic rings. The van der Waals surface area contributed by atoms with E-state index in [2.05, 4.69) is 4.90 Å². The topological polar surface area (TPSA) is 42.4 Å². The fourth-order valence-corrected chi connectivity index (χ4v) is 2.12. The second-order valence-electron chi connectivity index (χ2n) is 4.80. The molecule has 0 bridgehead atoms. The first-order chi connectivity index (χ1) is 9.08. The molecule has 0 spiro atoms. The number of hydrogen-bond acceptors (Lipinski definition) is 3. The van der Waals surface area contributed by atoms with Crippen LogP contribution < -0.4 is 5.73 Å². The van der Waals surface area contributed by atoms with Gasteiger partial charge >= 0.3 is 0 Å². The van der Waals surface area contributed by atoms with Crippen LogP contribution in [0.5, 0.6) is 0 Å². The third kappa shape index (κ3) is 3.66. The van der Waals surface area contributed by atoms with Crippen molar-refractivity contribution >= 4 is 0 Å². The number of furan rings is 1. The normalized spacial score (nSPS) is 11.2. The molecular formula is C15H19FN2O. The third-order valence-electron chi connectivity index (χ3n) is 3.05. The maximum absolute atomic E-state index is 13.3. The molecule has 0 aliphatic carbocycles. The highest BCUT2D eigenvalue weighted by molar-refractivity contribution is 5.27. The van der Waals surface area contributed by atoms with Crippen LogP contribution in [0.3, 0.4) is 0 Å². The molecule has 0 unspecified atom stereocenters. The Morgan fingerprint density at radius 2 is 1.95 bits per heavy atom. The number of nitrogens with zero attached hydrogens (tertiary/aromatic N) is 1. The number of rotatable bonds is 5. The van der Waals surface area contributed by atoms with Crippen molar-refractivity contribution in [1.82, 2.24) is 4.90 Å². The molecular weight excluding hydrogens is 243 g/mol. The summed E-state index contributed by atoms with van der Waals surface area (Å²) in [4.78, 5) is 2.08. The second-order valence-corrected chi connectivity index (χ2v) is 4.80. The van der Waals surface area contributed by atoms with Crippen LogP contribution in [0, 0.1) is 12.7 Å². The van der Waals surface area contributed by atoms with Gasteiger partial charge in [0.2, 0.25) is 0 Å². The van der Waals surface area contributed by atoms with Gasteiger partial charge in [0.05, 0.1) is 6.54 Å². The van der Waals surface area contributed by atoms with Crippen LogP contribution in [0.25, 0.3) is 0 Å². The highest BCUT2D eigenvalue weighted by Crippen LogP contribution is 2.15. The Morgan fingerprint density at radius 1 is 1.16 bits per heavy atom. The first kappa shape index (κ1) is 13.8. The molecule has 0 aliphatic heterocycles. The monoisotopic (exact) mass is 262 g/mol. The fraction of sp³-hybridized carbons (Fsp3) is 0.333. The molecule has 0 fully saturated rings. The molecule has 1 aromatic heterocycles. The molecule has 0 amide bonds. The fourth-order valence-electron chi connectivity index (χ4n) is 2.12. The quantitative estimate of drug-likeness (QED) is 0.901. The van der Waals surface area contributed by atoms with Crippen LogP contribution in [0.1, 0.15) is 22.6 Å². The largest absolute Gasteiger partial charge is 0.465 e. The van der Waals surface area contributed by atoms with Crippen molar-refractivity contribution < 1.29 is 8.81 Å². The Kier molecular flexibility index (Phi) is 4.35. The predicted octanol–water partition coefficient (Wildman–Crippen LogP) is 2.82. The van der Waals surface area contributed by atoms with E-state index in [-0.39, 0.29) is 5.82 Å². The molecule has 0 saturated carbocycles. The third-order valence-corrected chi connectivity index (χ3v) is 3.05. The molecule has 102 valence electrons. The number of halogens is 1.